The number of unbranched alkanes of at least 4 members (excludes halogenated alkanes) is 23. The van der Waals surface area contributed by atoms with Gasteiger partial charge in [0.1, 0.15) is 6.10 Å². The standard InChI is InChI=1S/C51H90O4/c1-3-5-7-9-11-13-15-17-19-21-23-25-26-27-28-30-32-34-36-38-40-42-44-46-51(53)55-50(48-52)49-54-47-45-43-41-39-37-35-33-31-29-24-22-20-18-16-14-12-10-8-6-4-2/h6,8,12,14,18,20-21,23-24,29,33,35,50,52H,3-5,7,9-11,13,15-17,19,22,25-28,30-32,34,36-49H2,1-2H3/b8-6-,14-12-,20-18-,23-21-,29-24-,35-33-. The van der Waals surface area contributed by atoms with Crippen molar-refractivity contribution in [2.75, 3.05) is 19.8 Å². The van der Waals surface area contributed by atoms with Gasteiger partial charge in [0, 0.05) is 13.0 Å². The second-order valence-corrected chi connectivity index (χ2v) is 15.4. The van der Waals surface area contributed by atoms with Gasteiger partial charge in [-0.1, -0.05) is 202 Å². The Hall–Kier alpha value is -2.17. The molecule has 0 saturated carbocycles. The third-order valence-corrected chi connectivity index (χ3v) is 10.0. The molecule has 0 rings (SSSR count). The number of aliphatic hydroxyl groups is 1. The van der Waals surface area contributed by atoms with Crippen LogP contribution in [0.4, 0.5) is 0 Å². The van der Waals surface area contributed by atoms with Crippen LogP contribution >= 0.6 is 0 Å². The third kappa shape index (κ3) is 46.1. The molecule has 0 spiro atoms. The highest BCUT2D eigenvalue weighted by molar-refractivity contribution is 5.69. The van der Waals surface area contributed by atoms with Crippen LogP contribution in [0.1, 0.15) is 219 Å². The molecule has 0 saturated heterocycles. The van der Waals surface area contributed by atoms with Crippen molar-refractivity contribution in [1.29, 1.82) is 0 Å². The van der Waals surface area contributed by atoms with Gasteiger partial charge in [-0.15, -0.1) is 0 Å². The lowest BCUT2D eigenvalue weighted by Crippen LogP contribution is -2.27. The summed E-state index contributed by atoms with van der Waals surface area (Å²) < 4.78 is 11.2. The summed E-state index contributed by atoms with van der Waals surface area (Å²) in [5.74, 6) is -0.211. The van der Waals surface area contributed by atoms with Crippen molar-refractivity contribution in [2.45, 2.75) is 225 Å². The van der Waals surface area contributed by atoms with Gasteiger partial charge in [0.25, 0.3) is 0 Å². The minimum Gasteiger partial charge on any atom is -0.457 e. The molecule has 1 N–H and O–H groups in total. The van der Waals surface area contributed by atoms with E-state index in [0.717, 1.165) is 64.2 Å². The van der Waals surface area contributed by atoms with Crippen LogP contribution in [-0.2, 0) is 14.3 Å². The van der Waals surface area contributed by atoms with Gasteiger partial charge >= 0.3 is 5.97 Å². The summed E-state index contributed by atoms with van der Waals surface area (Å²) in [6.07, 6.45) is 65.5. The Morgan fingerprint density at radius 2 is 0.818 bits per heavy atom. The van der Waals surface area contributed by atoms with Gasteiger partial charge in [-0.2, -0.15) is 0 Å². The van der Waals surface area contributed by atoms with Gasteiger partial charge in [0.05, 0.1) is 13.2 Å². The molecular weight excluding hydrogens is 677 g/mol. The Morgan fingerprint density at radius 1 is 0.455 bits per heavy atom. The summed E-state index contributed by atoms with van der Waals surface area (Å²) >= 11 is 0. The van der Waals surface area contributed by atoms with Gasteiger partial charge < -0.3 is 14.6 Å². The lowest BCUT2D eigenvalue weighted by Gasteiger charge is -2.15. The first-order valence-electron chi connectivity index (χ1n) is 23.5. The fourth-order valence-electron chi connectivity index (χ4n) is 6.53. The quantitative estimate of drug-likeness (QED) is 0.0381. The average Bonchev–Trinajstić information content (AvgIpc) is 3.19. The van der Waals surface area contributed by atoms with Crippen LogP contribution in [0.2, 0.25) is 0 Å². The molecule has 0 aliphatic heterocycles. The summed E-state index contributed by atoms with van der Waals surface area (Å²) in [6.45, 7) is 5.19. The lowest BCUT2D eigenvalue weighted by molar-refractivity contribution is -0.154. The van der Waals surface area contributed by atoms with Gasteiger partial charge in [0.2, 0.25) is 0 Å². The monoisotopic (exact) mass is 767 g/mol. The number of carbonyl (C=O) groups is 1. The van der Waals surface area contributed by atoms with Crippen molar-refractivity contribution >= 4 is 5.97 Å². The maximum absolute atomic E-state index is 12.2. The third-order valence-electron chi connectivity index (χ3n) is 10.0. The fourth-order valence-corrected chi connectivity index (χ4v) is 6.53. The molecular formula is C51H90O4. The van der Waals surface area contributed by atoms with Gasteiger partial charge in [-0.05, 0) is 83.5 Å². The molecule has 1 atom stereocenters. The molecule has 55 heavy (non-hydrogen) atoms. The van der Waals surface area contributed by atoms with E-state index in [1.54, 1.807) is 0 Å². The topological polar surface area (TPSA) is 55.8 Å². The van der Waals surface area contributed by atoms with E-state index < -0.39 is 6.10 Å². The molecule has 0 aliphatic carbocycles. The highest BCUT2D eigenvalue weighted by atomic mass is 16.6. The first-order valence-corrected chi connectivity index (χ1v) is 23.5. The summed E-state index contributed by atoms with van der Waals surface area (Å²) in [6, 6.07) is 0. The molecule has 1 unspecified atom stereocenters. The smallest absolute Gasteiger partial charge is 0.306 e. The zero-order valence-corrected chi connectivity index (χ0v) is 36.4. The van der Waals surface area contributed by atoms with Crippen molar-refractivity contribution in [1.82, 2.24) is 0 Å². The number of hydrogen-bond acceptors (Lipinski definition) is 4. The fraction of sp³-hybridized carbons (Fsp3) is 0.745. The molecule has 0 radical (unpaired) electrons. The highest BCUT2D eigenvalue weighted by Gasteiger charge is 2.13. The first kappa shape index (κ1) is 52.8. The Balaban J connectivity index is 3.48. The van der Waals surface area contributed by atoms with E-state index >= 15 is 0 Å². The Bertz CT molecular complexity index is 942. The number of ether oxygens (including phenoxy) is 2. The van der Waals surface area contributed by atoms with E-state index in [1.807, 2.05) is 0 Å². The van der Waals surface area contributed by atoms with Gasteiger partial charge in [0.15, 0.2) is 0 Å². The van der Waals surface area contributed by atoms with E-state index in [9.17, 15) is 9.90 Å². The maximum atomic E-state index is 12.2. The molecule has 0 aromatic heterocycles. The molecule has 318 valence electrons. The van der Waals surface area contributed by atoms with Crippen LogP contribution in [0.15, 0.2) is 72.9 Å². The minimum atomic E-state index is -0.552. The van der Waals surface area contributed by atoms with Gasteiger partial charge in [-0.25, -0.2) is 0 Å². The van der Waals surface area contributed by atoms with Crippen LogP contribution in [0, 0.1) is 0 Å². The largest absolute Gasteiger partial charge is 0.457 e. The number of rotatable bonds is 43. The second kappa shape index (κ2) is 48.0. The summed E-state index contributed by atoms with van der Waals surface area (Å²) in [5, 5.41) is 9.63. The number of esters is 1. The zero-order chi connectivity index (χ0) is 39.8. The van der Waals surface area contributed by atoms with Crippen molar-refractivity contribution < 1.29 is 19.4 Å². The van der Waals surface area contributed by atoms with E-state index in [2.05, 4.69) is 86.8 Å². The Kier molecular flexibility index (Phi) is 46.1. The Morgan fingerprint density at radius 3 is 1.25 bits per heavy atom. The number of allylic oxidation sites excluding steroid dienone is 12. The van der Waals surface area contributed by atoms with Crippen LogP contribution in [0.25, 0.3) is 0 Å². The molecule has 0 aliphatic rings. The van der Waals surface area contributed by atoms with Crippen LogP contribution < -0.4 is 0 Å². The summed E-state index contributed by atoms with van der Waals surface area (Å²) in [5.41, 5.74) is 0. The predicted octanol–water partition coefficient (Wildman–Crippen LogP) is 15.8. The van der Waals surface area contributed by atoms with Crippen molar-refractivity contribution in [2.24, 2.45) is 0 Å². The van der Waals surface area contributed by atoms with E-state index in [1.165, 1.54) is 135 Å². The zero-order valence-electron chi connectivity index (χ0n) is 36.4. The number of aliphatic hydroxyl groups excluding tert-OH is 1. The normalized spacial score (nSPS) is 13.0. The molecule has 0 amide bonds. The van der Waals surface area contributed by atoms with Crippen molar-refractivity contribution in [3.63, 3.8) is 0 Å². The van der Waals surface area contributed by atoms with Gasteiger partial charge in [-0.3, -0.25) is 4.79 Å². The molecule has 0 bridgehead atoms. The number of carbonyl (C=O) groups excluding carboxylic acids is 1. The second-order valence-electron chi connectivity index (χ2n) is 15.4. The van der Waals surface area contributed by atoms with E-state index in [-0.39, 0.29) is 19.2 Å². The van der Waals surface area contributed by atoms with E-state index in [0.29, 0.717) is 13.0 Å². The number of hydrogen-bond donors (Lipinski definition) is 1. The van der Waals surface area contributed by atoms with Crippen LogP contribution in [0.5, 0.6) is 0 Å². The summed E-state index contributed by atoms with van der Waals surface area (Å²) in [4.78, 5) is 12.2. The molecule has 0 aromatic rings. The summed E-state index contributed by atoms with van der Waals surface area (Å²) in [7, 11) is 0. The molecule has 0 aromatic carbocycles. The average molecular weight is 767 g/mol. The predicted molar refractivity (Wildman–Crippen MR) is 242 cm³/mol. The highest BCUT2D eigenvalue weighted by Crippen LogP contribution is 2.14. The van der Waals surface area contributed by atoms with Crippen molar-refractivity contribution in [3.05, 3.63) is 72.9 Å². The SMILES string of the molecule is CC/C=C\C/C=C\C/C=C\C/C=C\C/C=C\CCCCCCOCC(CO)OC(=O)CCCCCCCCCCCCC/C=C\CCCCCCCCCC. The van der Waals surface area contributed by atoms with E-state index in [4.69, 9.17) is 9.47 Å². The van der Waals surface area contributed by atoms with Crippen LogP contribution in [0.3, 0.4) is 0 Å². The molecule has 0 heterocycles. The minimum absolute atomic E-state index is 0.185. The lowest BCUT2D eigenvalue weighted by atomic mass is 10.0. The molecule has 4 heteroatoms. The van der Waals surface area contributed by atoms with Crippen LogP contribution in [-0.4, -0.2) is 37.0 Å². The Labute approximate surface area is 342 Å². The molecule has 4 nitrogen and oxygen atoms in total. The van der Waals surface area contributed by atoms with Crippen molar-refractivity contribution in [3.8, 4) is 0 Å². The maximum Gasteiger partial charge on any atom is 0.306 e. The first-order chi connectivity index (χ1) is 27.2. The molecule has 0 fully saturated rings.